The zero-order chi connectivity index (χ0) is 24.0. The van der Waals surface area contributed by atoms with Crippen LogP contribution >= 0.6 is 39.1 Å². The molecular weight excluding hydrogens is 515 g/mol. The second-order valence-electron chi connectivity index (χ2n) is 7.97. The summed E-state index contributed by atoms with van der Waals surface area (Å²) in [5.41, 5.74) is 2.61. The Bertz CT molecular complexity index is 938. The van der Waals surface area contributed by atoms with E-state index in [9.17, 15) is 9.59 Å². The molecule has 0 heterocycles. The van der Waals surface area contributed by atoms with Gasteiger partial charge >= 0.3 is 0 Å². The van der Waals surface area contributed by atoms with Crippen molar-refractivity contribution in [1.29, 1.82) is 0 Å². The maximum absolute atomic E-state index is 13.3. The van der Waals surface area contributed by atoms with Crippen LogP contribution in [0.2, 0.25) is 10.0 Å². The minimum Gasteiger partial charge on any atom is -0.484 e. The summed E-state index contributed by atoms with van der Waals surface area (Å²) in [6.07, 6.45) is 0.433. The van der Waals surface area contributed by atoms with Gasteiger partial charge in [-0.3, -0.25) is 9.59 Å². The van der Waals surface area contributed by atoms with Crippen molar-refractivity contribution in [3.8, 4) is 5.75 Å². The summed E-state index contributed by atoms with van der Waals surface area (Å²) in [4.78, 5) is 27.7. The van der Waals surface area contributed by atoms with Crippen molar-refractivity contribution in [3.63, 3.8) is 0 Å². The minimum absolute atomic E-state index is 0.0534. The zero-order valence-corrected chi connectivity index (χ0v) is 22.1. The largest absolute Gasteiger partial charge is 0.484 e. The van der Waals surface area contributed by atoms with E-state index >= 15 is 0 Å². The number of aryl methyl sites for hydroxylation is 2. The topological polar surface area (TPSA) is 58.6 Å². The van der Waals surface area contributed by atoms with Crippen LogP contribution < -0.4 is 10.1 Å². The Kier molecular flexibility index (Phi) is 9.86. The molecule has 0 saturated heterocycles. The Labute approximate surface area is 208 Å². The molecule has 2 amide bonds. The van der Waals surface area contributed by atoms with Crippen molar-refractivity contribution in [1.82, 2.24) is 10.2 Å². The first-order valence-corrected chi connectivity index (χ1v) is 12.0. The van der Waals surface area contributed by atoms with E-state index in [-0.39, 0.29) is 31.0 Å². The van der Waals surface area contributed by atoms with Crippen LogP contribution in [0.25, 0.3) is 0 Å². The van der Waals surface area contributed by atoms with Gasteiger partial charge in [-0.15, -0.1) is 0 Å². The second kappa shape index (κ2) is 11.9. The summed E-state index contributed by atoms with van der Waals surface area (Å²) in [6.45, 7) is 9.42. The van der Waals surface area contributed by atoms with Gasteiger partial charge in [0.2, 0.25) is 5.91 Å². The molecule has 2 rings (SSSR count). The van der Waals surface area contributed by atoms with Crippen molar-refractivity contribution in [2.24, 2.45) is 0 Å². The molecule has 0 radical (unpaired) electrons. The van der Waals surface area contributed by atoms with E-state index in [4.69, 9.17) is 27.9 Å². The normalized spacial score (nSPS) is 11.9. The molecule has 0 bridgehead atoms. The number of hydrogen-bond acceptors (Lipinski definition) is 3. The van der Waals surface area contributed by atoms with Crippen LogP contribution in [0.5, 0.6) is 5.75 Å². The fourth-order valence-electron chi connectivity index (χ4n) is 3.37. The number of amides is 2. The Balaban J connectivity index is 2.31. The number of benzene rings is 2. The van der Waals surface area contributed by atoms with Gasteiger partial charge in [-0.2, -0.15) is 0 Å². The lowest BCUT2D eigenvalue weighted by molar-refractivity contribution is -0.143. The minimum atomic E-state index is -0.686. The van der Waals surface area contributed by atoms with Gasteiger partial charge in [0.15, 0.2) is 6.61 Å². The Hall–Kier alpha value is -1.76. The molecule has 0 saturated carbocycles. The summed E-state index contributed by atoms with van der Waals surface area (Å²) in [5.74, 6) is 0.0336. The zero-order valence-electron chi connectivity index (χ0n) is 19.0. The Morgan fingerprint density at radius 1 is 1.12 bits per heavy atom. The first kappa shape index (κ1) is 26.5. The summed E-state index contributed by atoms with van der Waals surface area (Å²) in [6, 6.07) is 8.15. The van der Waals surface area contributed by atoms with E-state index in [0.717, 1.165) is 15.6 Å². The fourth-order valence-corrected chi connectivity index (χ4v) is 4.12. The first-order valence-electron chi connectivity index (χ1n) is 10.5. The smallest absolute Gasteiger partial charge is 0.261 e. The molecule has 2 aromatic rings. The highest BCUT2D eigenvalue weighted by atomic mass is 79.9. The van der Waals surface area contributed by atoms with Crippen LogP contribution in [0.4, 0.5) is 0 Å². The molecule has 0 aromatic heterocycles. The van der Waals surface area contributed by atoms with Gasteiger partial charge in [-0.1, -0.05) is 52.1 Å². The van der Waals surface area contributed by atoms with Crippen molar-refractivity contribution in [2.45, 2.75) is 59.7 Å². The van der Waals surface area contributed by atoms with E-state index in [1.165, 1.54) is 4.90 Å². The molecule has 0 aliphatic heterocycles. The highest BCUT2D eigenvalue weighted by Crippen LogP contribution is 2.28. The molecule has 0 aliphatic carbocycles. The third-order valence-corrected chi connectivity index (χ3v) is 6.94. The lowest BCUT2D eigenvalue weighted by atomic mass is 10.1. The fraction of sp³-hybridized carbons (Fsp3) is 0.417. The summed E-state index contributed by atoms with van der Waals surface area (Å²) < 4.78 is 6.81. The van der Waals surface area contributed by atoms with Crippen molar-refractivity contribution in [2.75, 3.05) is 6.61 Å². The Morgan fingerprint density at radius 2 is 1.69 bits per heavy atom. The molecule has 0 spiro atoms. The van der Waals surface area contributed by atoms with Crippen molar-refractivity contribution in [3.05, 3.63) is 61.5 Å². The third kappa shape index (κ3) is 6.87. The molecule has 174 valence electrons. The van der Waals surface area contributed by atoms with Crippen LogP contribution in [0.15, 0.2) is 34.8 Å². The van der Waals surface area contributed by atoms with Gasteiger partial charge in [0.05, 0.1) is 0 Å². The number of halogens is 3. The van der Waals surface area contributed by atoms with Gasteiger partial charge in [-0.05, 0) is 69.5 Å². The van der Waals surface area contributed by atoms with E-state index < -0.39 is 6.04 Å². The van der Waals surface area contributed by atoms with Crippen LogP contribution in [0.1, 0.15) is 43.9 Å². The lowest BCUT2D eigenvalue weighted by Crippen LogP contribution is -2.51. The quantitative estimate of drug-likeness (QED) is 0.416. The molecule has 2 aromatic carbocycles. The van der Waals surface area contributed by atoms with Crippen molar-refractivity contribution < 1.29 is 14.3 Å². The van der Waals surface area contributed by atoms with E-state index in [0.29, 0.717) is 27.8 Å². The van der Waals surface area contributed by atoms with Gasteiger partial charge in [0.1, 0.15) is 11.8 Å². The molecule has 1 atom stereocenters. The molecule has 0 unspecified atom stereocenters. The highest BCUT2D eigenvalue weighted by molar-refractivity contribution is 9.10. The highest BCUT2D eigenvalue weighted by Gasteiger charge is 2.30. The number of rotatable bonds is 9. The van der Waals surface area contributed by atoms with Crippen LogP contribution in [0, 0.1) is 13.8 Å². The van der Waals surface area contributed by atoms with E-state index in [2.05, 4.69) is 21.2 Å². The predicted molar refractivity (Wildman–Crippen MR) is 133 cm³/mol. The van der Waals surface area contributed by atoms with Gasteiger partial charge in [-0.25, -0.2) is 0 Å². The summed E-state index contributed by atoms with van der Waals surface area (Å²) in [7, 11) is 0. The average molecular weight is 544 g/mol. The van der Waals surface area contributed by atoms with E-state index in [1.807, 2.05) is 46.8 Å². The van der Waals surface area contributed by atoms with E-state index in [1.54, 1.807) is 18.2 Å². The molecule has 32 heavy (non-hydrogen) atoms. The maximum Gasteiger partial charge on any atom is 0.261 e. The van der Waals surface area contributed by atoms with Crippen LogP contribution in [-0.2, 0) is 16.1 Å². The number of nitrogens with zero attached hydrogens (tertiary/aromatic N) is 1. The van der Waals surface area contributed by atoms with Crippen LogP contribution in [-0.4, -0.2) is 35.4 Å². The number of carbonyl (C=O) groups excluding carboxylic acids is 2. The number of ether oxygens (including phenoxy) is 1. The molecule has 1 N–H and O–H groups in total. The number of carbonyl (C=O) groups is 2. The van der Waals surface area contributed by atoms with Crippen molar-refractivity contribution >= 4 is 50.9 Å². The summed E-state index contributed by atoms with van der Waals surface area (Å²) in [5, 5.41) is 3.77. The number of hydrogen-bond donors (Lipinski definition) is 1. The standard InChI is InChI=1S/C24H29BrCl2N2O3/c1-6-21(24(31)28-14(2)3)29(12-18-19(26)8-7-9-20(18)27)22(30)13-32-17-10-15(4)23(25)16(5)11-17/h7-11,14,21H,6,12-13H2,1-5H3,(H,28,31)/t21-/m1/s1. The molecule has 5 nitrogen and oxygen atoms in total. The lowest BCUT2D eigenvalue weighted by Gasteiger charge is -2.31. The average Bonchev–Trinajstić information content (AvgIpc) is 2.71. The maximum atomic E-state index is 13.3. The second-order valence-corrected chi connectivity index (χ2v) is 9.58. The third-order valence-electron chi connectivity index (χ3n) is 4.98. The molecular formula is C24H29BrCl2N2O3. The Morgan fingerprint density at radius 3 is 2.19 bits per heavy atom. The predicted octanol–water partition coefficient (Wildman–Crippen LogP) is 6.08. The molecule has 8 heteroatoms. The van der Waals surface area contributed by atoms with Gasteiger partial charge < -0.3 is 15.0 Å². The monoisotopic (exact) mass is 542 g/mol. The number of nitrogens with one attached hydrogen (secondary N) is 1. The summed E-state index contributed by atoms with van der Waals surface area (Å²) >= 11 is 16.2. The van der Waals surface area contributed by atoms with Crippen LogP contribution in [0.3, 0.4) is 0 Å². The SMILES string of the molecule is CC[C@H](C(=O)NC(C)C)N(Cc1c(Cl)cccc1Cl)C(=O)COc1cc(C)c(Br)c(C)c1. The first-order chi connectivity index (χ1) is 15.0. The molecule has 0 aliphatic rings. The van der Waals surface area contributed by atoms with Gasteiger partial charge in [0.25, 0.3) is 5.91 Å². The van der Waals surface area contributed by atoms with Gasteiger partial charge in [0, 0.05) is 32.7 Å². The molecule has 0 fully saturated rings.